The zero-order chi connectivity index (χ0) is 19.6. The summed E-state index contributed by atoms with van der Waals surface area (Å²) in [5, 5.41) is 0. The summed E-state index contributed by atoms with van der Waals surface area (Å²) in [6, 6.07) is 12.1. The molecule has 0 spiro atoms. The second-order valence-electron chi connectivity index (χ2n) is 6.73. The van der Waals surface area contributed by atoms with Crippen molar-refractivity contribution >= 4 is 17.8 Å². The first-order valence-electron chi connectivity index (χ1n) is 8.46. The molecule has 4 nitrogen and oxygen atoms in total. The predicted molar refractivity (Wildman–Crippen MR) is 96.4 cm³/mol. The van der Waals surface area contributed by atoms with Gasteiger partial charge in [0, 0.05) is 12.5 Å². The van der Waals surface area contributed by atoms with Crippen LogP contribution in [0, 0.1) is 11.6 Å². The van der Waals surface area contributed by atoms with E-state index in [2.05, 4.69) is 0 Å². The lowest BCUT2D eigenvalue weighted by Gasteiger charge is -2.40. The van der Waals surface area contributed by atoms with Crippen LogP contribution in [-0.4, -0.2) is 29.4 Å². The third kappa shape index (κ3) is 3.74. The maximum Gasteiger partial charge on any atom is 0.261 e. The number of ether oxygens (including phenoxy) is 1. The SMILES string of the molecule is CC1=C(c2ccccc2)C(=O)N(C(C)(C=O)Cc2cc(F)cc(F)c2)CO1. The predicted octanol–water partition coefficient (Wildman–Crippen LogP) is 3.71. The minimum Gasteiger partial charge on any atom is -0.477 e. The molecule has 1 unspecified atom stereocenters. The molecule has 140 valence electrons. The fraction of sp³-hybridized carbons (Fsp3) is 0.238. The molecule has 1 aliphatic heterocycles. The number of hydrogen-bond donors (Lipinski definition) is 0. The van der Waals surface area contributed by atoms with Crippen molar-refractivity contribution in [2.45, 2.75) is 25.8 Å². The van der Waals surface area contributed by atoms with E-state index in [-0.39, 0.29) is 24.6 Å². The van der Waals surface area contributed by atoms with Crippen LogP contribution in [-0.2, 0) is 20.7 Å². The third-order valence-electron chi connectivity index (χ3n) is 4.64. The zero-order valence-electron chi connectivity index (χ0n) is 15.0. The van der Waals surface area contributed by atoms with E-state index in [1.165, 1.54) is 4.90 Å². The van der Waals surface area contributed by atoms with E-state index in [9.17, 15) is 18.4 Å². The van der Waals surface area contributed by atoms with Crippen LogP contribution in [0.1, 0.15) is 25.0 Å². The number of halogens is 2. The van der Waals surface area contributed by atoms with Gasteiger partial charge in [-0.1, -0.05) is 30.3 Å². The highest BCUT2D eigenvalue weighted by Crippen LogP contribution is 2.31. The molecule has 6 heteroatoms. The Bertz CT molecular complexity index is 891. The van der Waals surface area contributed by atoms with Gasteiger partial charge in [-0.15, -0.1) is 0 Å². The molecular formula is C21H19F2NO3. The minimum absolute atomic E-state index is 0.0403. The van der Waals surface area contributed by atoms with Crippen molar-refractivity contribution < 1.29 is 23.1 Å². The van der Waals surface area contributed by atoms with Gasteiger partial charge in [0.15, 0.2) is 6.73 Å². The largest absolute Gasteiger partial charge is 0.477 e. The van der Waals surface area contributed by atoms with E-state index in [0.29, 0.717) is 23.2 Å². The number of nitrogens with zero attached hydrogens (tertiary/aromatic N) is 1. The van der Waals surface area contributed by atoms with E-state index < -0.39 is 17.2 Å². The van der Waals surface area contributed by atoms with Gasteiger partial charge in [-0.05, 0) is 37.1 Å². The lowest BCUT2D eigenvalue weighted by molar-refractivity contribution is -0.144. The fourth-order valence-electron chi connectivity index (χ4n) is 3.22. The number of amides is 1. The number of hydrogen-bond acceptors (Lipinski definition) is 3. The van der Waals surface area contributed by atoms with Crippen molar-refractivity contribution in [1.82, 2.24) is 4.90 Å². The average Bonchev–Trinajstić information content (AvgIpc) is 2.61. The van der Waals surface area contributed by atoms with E-state index in [0.717, 1.165) is 18.2 Å². The third-order valence-corrected chi connectivity index (χ3v) is 4.64. The van der Waals surface area contributed by atoms with Gasteiger partial charge in [-0.3, -0.25) is 9.69 Å². The Hall–Kier alpha value is -3.02. The zero-order valence-corrected chi connectivity index (χ0v) is 15.0. The maximum absolute atomic E-state index is 13.5. The minimum atomic E-state index is -1.32. The number of benzene rings is 2. The first kappa shape index (κ1) is 18.8. The summed E-state index contributed by atoms with van der Waals surface area (Å²) in [6.07, 6.45) is 0.571. The molecule has 1 aliphatic rings. The van der Waals surface area contributed by atoms with Crippen LogP contribution in [0.15, 0.2) is 54.3 Å². The van der Waals surface area contributed by atoms with Crippen molar-refractivity contribution in [2.75, 3.05) is 6.73 Å². The van der Waals surface area contributed by atoms with Crippen LogP contribution in [0.4, 0.5) is 8.78 Å². The van der Waals surface area contributed by atoms with E-state index in [1.807, 2.05) is 6.07 Å². The molecule has 2 aromatic rings. The van der Waals surface area contributed by atoms with Crippen molar-refractivity contribution in [3.8, 4) is 0 Å². The summed E-state index contributed by atoms with van der Waals surface area (Å²) in [4.78, 5) is 26.4. The van der Waals surface area contributed by atoms with Gasteiger partial charge in [0.25, 0.3) is 5.91 Å². The first-order chi connectivity index (χ1) is 12.8. The van der Waals surface area contributed by atoms with Crippen LogP contribution in [0.2, 0.25) is 0 Å². The van der Waals surface area contributed by atoms with Crippen LogP contribution >= 0.6 is 0 Å². The molecule has 0 aliphatic carbocycles. The van der Waals surface area contributed by atoms with E-state index in [1.54, 1.807) is 38.1 Å². The number of aldehydes is 1. The number of carbonyl (C=O) groups excluding carboxylic acids is 2. The smallest absolute Gasteiger partial charge is 0.261 e. The van der Waals surface area contributed by atoms with Gasteiger partial charge in [0.2, 0.25) is 0 Å². The van der Waals surface area contributed by atoms with Crippen molar-refractivity contribution in [2.24, 2.45) is 0 Å². The van der Waals surface area contributed by atoms with Crippen LogP contribution in [0.5, 0.6) is 0 Å². The van der Waals surface area contributed by atoms with Crippen molar-refractivity contribution in [1.29, 1.82) is 0 Å². The second kappa shape index (κ2) is 7.31. The van der Waals surface area contributed by atoms with Crippen LogP contribution in [0.3, 0.4) is 0 Å². The van der Waals surface area contributed by atoms with Gasteiger partial charge < -0.3 is 9.53 Å². The molecule has 2 aromatic carbocycles. The molecule has 0 saturated carbocycles. The summed E-state index contributed by atoms with van der Waals surface area (Å²) in [5.41, 5.74) is -0.00422. The van der Waals surface area contributed by atoms with Crippen LogP contribution < -0.4 is 0 Å². The number of allylic oxidation sites excluding steroid dienone is 1. The molecule has 0 radical (unpaired) electrons. The molecule has 0 saturated heterocycles. The molecule has 0 bridgehead atoms. The molecule has 1 amide bonds. The number of rotatable bonds is 5. The molecule has 0 N–H and O–H groups in total. The summed E-state index contributed by atoms with van der Waals surface area (Å²) < 4.78 is 32.7. The van der Waals surface area contributed by atoms with Gasteiger partial charge >= 0.3 is 0 Å². The Labute approximate surface area is 156 Å². The van der Waals surface area contributed by atoms with Crippen molar-refractivity contribution in [3.05, 3.63) is 77.1 Å². The Morgan fingerprint density at radius 1 is 1.15 bits per heavy atom. The molecule has 1 atom stereocenters. The molecule has 0 aromatic heterocycles. The first-order valence-corrected chi connectivity index (χ1v) is 8.46. The second-order valence-corrected chi connectivity index (χ2v) is 6.73. The van der Waals surface area contributed by atoms with Crippen LogP contribution in [0.25, 0.3) is 5.57 Å². The average molecular weight is 371 g/mol. The fourth-order valence-corrected chi connectivity index (χ4v) is 3.22. The summed E-state index contributed by atoms with van der Waals surface area (Å²) in [6.45, 7) is 3.12. The van der Waals surface area contributed by atoms with Gasteiger partial charge in [-0.25, -0.2) is 8.78 Å². The highest BCUT2D eigenvalue weighted by atomic mass is 19.1. The van der Waals surface area contributed by atoms with E-state index in [4.69, 9.17) is 4.74 Å². The molecule has 27 heavy (non-hydrogen) atoms. The normalized spacial score (nSPS) is 16.7. The van der Waals surface area contributed by atoms with Gasteiger partial charge in [0.05, 0.1) is 5.57 Å². The molecule has 3 rings (SSSR count). The Morgan fingerprint density at radius 3 is 2.37 bits per heavy atom. The Morgan fingerprint density at radius 2 is 1.78 bits per heavy atom. The summed E-state index contributed by atoms with van der Waals surface area (Å²) >= 11 is 0. The topological polar surface area (TPSA) is 46.6 Å². The lowest BCUT2D eigenvalue weighted by atomic mass is 9.90. The summed E-state index contributed by atoms with van der Waals surface area (Å²) in [5.74, 6) is -1.37. The highest BCUT2D eigenvalue weighted by molar-refractivity contribution is 6.21. The summed E-state index contributed by atoms with van der Waals surface area (Å²) in [7, 11) is 0. The van der Waals surface area contributed by atoms with E-state index >= 15 is 0 Å². The lowest BCUT2D eigenvalue weighted by Crippen LogP contribution is -2.55. The molecule has 0 fully saturated rings. The van der Waals surface area contributed by atoms with Crippen molar-refractivity contribution in [3.63, 3.8) is 0 Å². The standard InChI is InChI=1S/C21H19F2NO3/c1-14-19(16-6-4-3-5-7-16)20(26)24(13-27-14)21(2,12-25)11-15-8-17(22)10-18(23)9-15/h3-10,12H,11,13H2,1-2H3. The van der Waals surface area contributed by atoms with Gasteiger partial charge in [-0.2, -0.15) is 0 Å². The maximum atomic E-state index is 13.5. The van der Waals surface area contributed by atoms with Gasteiger partial charge in [0.1, 0.15) is 29.2 Å². The highest BCUT2D eigenvalue weighted by Gasteiger charge is 2.40. The molecular weight excluding hydrogens is 352 g/mol. The Kier molecular flexibility index (Phi) is 5.08. The monoisotopic (exact) mass is 371 g/mol. The Balaban J connectivity index is 1.95. The number of carbonyl (C=O) groups is 2. The molecule has 1 heterocycles. The quantitative estimate of drug-likeness (QED) is 0.753.